The molecule has 2 nitrogen and oxygen atoms in total. The molecule has 0 amide bonds. The molecule has 0 fully saturated rings. The van der Waals surface area contributed by atoms with Gasteiger partial charge in [0.05, 0.1) is 17.1 Å². The van der Waals surface area contributed by atoms with Gasteiger partial charge >= 0.3 is 0 Å². The first kappa shape index (κ1) is 37.0. The van der Waals surface area contributed by atoms with Crippen LogP contribution in [0.5, 0.6) is 0 Å². The molecule has 41 heavy (non-hydrogen) atoms. The number of hydrogen-bond acceptors (Lipinski definition) is 2. The van der Waals surface area contributed by atoms with Gasteiger partial charge < -0.3 is 0 Å². The van der Waals surface area contributed by atoms with E-state index in [0.29, 0.717) is 0 Å². The van der Waals surface area contributed by atoms with Gasteiger partial charge in [0.2, 0.25) is 0 Å². The van der Waals surface area contributed by atoms with Gasteiger partial charge in [-0.1, -0.05) is 159 Å². The second-order valence-electron chi connectivity index (χ2n) is 11.1. The first-order valence-corrected chi connectivity index (χ1v) is 16.6. The molecule has 0 bridgehead atoms. The van der Waals surface area contributed by atoms with Crippen molar-refractivity contribution in [1.82, 2.24) is 0 Å². The van der Waals surface area contributed by atoms with Crippen molar-refractivity contribution >= 4 is 22.8 Å². The quantitative estimate of drug-likeness (QED) is 0.0526. The van der Waals surface area contributed by atoms with E-state index in [1.165, 1.54) is 109 Å². The van der Waals surface area contributed by atoms with E-state index in [0.717, 1.165) is 42.1 Å². The van der Waals surface area contributed by atoms with Gasteiger partial charge in [-0.3, -0.25) is 4.99 Å². The summed E-state index contributed by atoms with van der Waals surface area (Å²) in [5.41, 5.74) is 3.74. The SMILES string of the molecule is CCCCCCCCCCCCCCCCCC#CC(=N\c1ccccc1)/C(CCCCC)=N/c1ccccc1.[Pd]. The maximum atomic E-state index is 5.01. The van der Waals surface area contributed by atoms with Crippen molar-refractivity contribution < 1.29 is 20.4 Å². The number of nitrogens with zero attached hydrogens (tertiary/aromatic N) is 2. The number of rotatable bonds is 22. The van der Waals surface area contributed by atoms with Crippen molar-refractivity contribution in [2.24, 2.45) is 9.98 Å². The number of aliphatic imine (C=N–C) groups is 2. The minimum atomic E-state index is 0. The van der Waals surface area contributed by atoms with E-state index in [-0.39, 0.29) is 20.4 Å². The van der Waals surface area contributed by atoms with Crippen molar-refractivity contribution in [3.05, 3.63) is 60.7 Å². The predicted octanol–water partition coefficient (Wildman–Crippen LogP) is 12.4. The van der Waals surface area contributed by atoms with E-state index in [1.807, 2.05) is 48.5 Å². The van der Waals surface area contributed by atoms with E-state index in [2.05, 4.69) is 37.8 Å². The molecule has 0 spiro atoms. The molecular formula is C38H56N2Pd. The first-order valence-electron chi connectivity index (χ1n) is 16.6. The third kappa shape index (κ3) is 19.7. The topological polar surface area (TPSA) is 24.7 Å². The fraction of sp³-hybridized carbons (Fsp3) is 0.579. The summed E-state index contributed by atoms with van der Waals surface area (Å²) in [5.74, 6) is 6.88. The molecular weight excluding hydrogens is 591 g/mol. The van der Waals surface area contributed by atoms with Crippen LogP contribution in [0.15, 0.2) is 70.6 Å². The number of para-hydroxylation sites is 2. The molecule has 3 heteroatoms. The van der Waals surface area contributed by atoms with Crippen LogP contribution in [-0.2, 0) is 20.4 Å². The summed E-state index contributed by atoms with van der Waals surface area (Å²) in [6.45, 7) is 4.53. The van der Waals surface area contributed by atoms with Gasteiger partial charge in [-0.25, -0.2) is 4.99 Å². The summed E-state index contributed by atoms with van der Waals surface area (Å²) < 4.78 is 0. The zero-order valence-corrected chi connectivity index (χ0v) is 27.7. The molecule has 0 saturated heterocycles. The van der Waals surface area contributed by atoms with Crippen molar-refractivity contribution in [3.63, 3.8) is 0 Å². The molecule has 0 saturated carbocycles. The molecule has 0 N–H and O–H groups in total. The molecule has 0 heterocycles. The largest absolute Gasteiger partial charge is 0.251 e. The molecule has 0 aliphatic carbocycles. The Hall–Kier alpha value is -2.00. The Kier molecular flexibility index (Phi) is 24.3. The Morgan fingerprint density at radius 1 is 0.512 bits per heavy atom. The summed E-state index contributed by atoms with van der Waals surface area (Å²) in [4.78, 5) is 9.96. The van der Waals surface area contributed by atoms with Crippen LogP contribution in [0.4, 0.5) is 11.4 Å². The standard InChI is InChI=1S/C38H56N2.Pd/c1-3-5-7-8-9-10-11-12-13-14-15-16-17-18-19-20-28-34-38(40-36-31-26-22-27-32-36)37(33-23-6-4-2)39-35-29-24-21-25-30-35;/h21-22,24-27,29-32H,3-20,23,33H2,1-2H3;/b39-37+,40-38+;. The van der Waals surface area contributed by atoms with E-state index >= 15 is 0 Å². The summed E-state index contributed by atoms with van der Waals surface area (Å²) in [7, 11) is 0. The van der Waals surface area contributed by atoms with Crippen LogP contribution in [0, 0.1) is 11.8 Å². The van der Waals surface area contributed by atoms with Crippen molar-refractivity contribution in [3.8, 4) is 11.8 Å². The smallest absolute Gasteiger partial charge is 0.135 e. The summed E-state index contributed by atoms with van der Waals surface area (Å²) >= 11 is 0. The zero-order chi connectivity index (χ0) is 28.4. The molecule has 0 aromatic heterocycles. The monoisotopic (exact) mass is 646 g/mol. The maximum Gasteiger partial charge on any atom is 0.135 e. The Balaban J connectivity index is 0.00000840. The molecule has 0 unspecified atom stereocenters. The Morgan fingerprint density at radius 3 is 1.41 bits per heavy atom. The van der Waals surface area contributed by atoms with Crippen molar-refractivity contribution in [1.29, 1.82) is 0 Å². The third-order valence-electron chi connectivity index (χ3n) is 7.42. The van der Waals surface area contributed by atoms with Crippen LogP contribution in [0.25, 0.3) is 0 Å². The fourth-order valence-electron chi connectivity index (χ4n) is 4.96. The van der Waals surface area contributed by atoms with Crippen LogP contribution in [-0.4, -0.2) is 11.4 Å². The second kappa shape index (κ2) is 26.9. The van der Waals surface area contributed by atoms with Gasteiger partial charge in [0.15, 0.2) is 0 Å². The molecule has 228 valence electrons. The van der Waals surface area contributed by atoms with Crippen LogP contribution in [0.2, 0.25) is 0 Å². The van der Waals surface area contributed by atoms with Crippen molar-refractivity contribution in [2.45, 2.75) is 142 Å². The van der Waals surface area contributed by atoms with Crippen LogP contribution in [0.3, 0.4) is 0 Å². The molecule has 2 aromatic rings. The van der Waals surface area contributed by atoms with Crippen LogP contribution < -0.4 is 0 Å². The summed E-state index contributed by atoms with van der Waals surface area (Å²) in [6.07, 6.45) is 26.1. The van der Waals surface area contributed by atoms with Crippen LogP contribution in [0.1, 0.15) is 142 Å². The van der Waals surface area contributed by atoms with E-state index in [9.17, 15) is 0 Å². The van der Waals surface area contributed by atoms with Gasteiger partial charge in [0.25, 0.3) is 0 Å². The van der Waals surface area contributed by atoms with Gasteiger partial charge in [-0.05, 0) is 49.4 Å². The van der Waals surface area contributed by atoms with E-state index in [4.69, 9.17) is 9.98 Å². The van der Waals surface area contributed by atoms with Gasteiger partial charge in [-0.2, -0.15) is 0 Å². The summed E-state index contributed by atoms with van der Waals surface area (Å²) in [6, 6.07) is 20.4. The minimum Gasteiger partial charge on any atom is -0.251 e. The normalized spacial score (nSPS) is 11.6. The molecule has 2 rings (SSSR count). The molecule has 0 aliphatic heterocycles. The van der Waals surface area contributed by atoms with E-state index in [1.54, 1.807) is 0 Å². The number of hydrogen-bond donors (Lipinski definition) is 0. The molecule has 0 radical (unpaired) electrons. The van der Waals surface area contributed by atoms with Crippen LogP contribution >= 0.6 is 0 Å². The van der Waals surface area contributed by atoms with Crippen molar-refractivity contribution in [2.75, 3.05) is 0 Å². The van der Waals surface area contributed by atoms with E-state index < -0.39 is 0 Å². The first-order chi connectivity index (χ1) is 19.8. The Morgan fingerprint density at radius 2 is 0.927 bits per heavy atom. The predicted molar refractivity (Wildman–Crippen MR) is 179 cm³/mol. The minimum absolute atomic E-state index is 0. The average molecular weight is 647 g/mol. The molecule has 0 aliphatic rings. The van der Waals surface area contributed by atoms with Gasteiger partial charge in [0, 0.05) is 26.8 Å². The zero-order valence-electron chi connectivity index (χ0n) is 26.1. The Labute approximate surface area is 267 Å². The average Bonchev–Trinajstić information content (AvgIpc) is 2.99. The third-order valence-corrected chi connectivity index (χ3v) is 7.42. The molecule has 2 aromatic carbocycles. The maximum absolute atomic E-state index is 5.01. The fourth-order valence-corrected chi connectivity index (χ4v) is 4.96. The number of benzene rings is 2. The van der Waals surface area contributed by atoms with Gasteiger partial charge in [0.1, 0.15) is 5.71 Å². The second-order valence-corrected chi connectivity index (χ2v) is 11.1. The van der Waals surface area contributed by atoms with Gasteiger partial charge in [-0.15, -0.1) is 0 Å². The molecule has 0 atom stereocenters. The summed E-state index contributed by atoms with van der Waals surface area (Å²) in [5, 5.41) is 0. The Bertz CT molecular complexity index is 985. The number of unbranched alkanes of at least 4 members (excludes halogenated alkanes) is 17.